The van der Waals surface area contributed by atoms with E-state index in [1.165, 1.54) is 0 Å². The summed E-state index contributed by atoms with van der Waals surface area (Å²) in [4.78, 5) is 28.8. The summed E-state index contributed by atoms with van der Waals surface area (Å²) >= 11 is 12.3. The first-order chi connectivity index (χ1) is 20.3. The molecule has 4 heterocycles. The zero-order valence-corrected chi connectivity index (χ0v) is 24.6. The van der Waals surface area contributed by atoms with E-state index in [4.69, 9.17) is 32.7 Å². The number of carbonyl (C=O) groups is 2. The minimum atomic E-state index is -0.189. The average molecular weight is 600 g/mol. The standard InChI is InChI=1S/2C17H14ClNO2/c2*1-19-9-13-12-8-10(18)6-7-15(12)21-14-5-3-2-4-11(14)16(13)17(19)20/h2*2-8,13,16H,9H2,1H3/t13-,16+;13-,16-/m01/s1. The van der Waals surface area contributed by atoms with E-state index in [0.717, 1.165) is 45.3 Å². The van der Waals surface area contributed by atoms with Crippen molar-refractivity contribution in [1.29, 1.82) is 0 Å². The number of nitrogens with zero attached hydrogens (tertiary/aromatic N) is 2. The summed E-state index contributed by atoms with van der Waals surface area (Å²) in [6, 6.07) is 26.8. The van der Waals surface area contributed by atoms with Crippen molar-refractivity contribution in [3.63, 3.8) is 0 Å². The molecule has 0 N–H and O–H groups in total. The highest BCUT2D eigenvalue weighted by atomic mass is 35.5. The summed E-state index contributed by atoms with van der Waals surface area (Å²) in [6.45, 7) is 1.38. The molecule has 0 aliphatic carbocycles. The number of benzene rings is 4. The largest absolute Gasteiger partial charge is 0.457 e. The molecule has 212 valence electrons. The van der Waals surface area contributed by atoms with Crippen LogP contribution in [0, 0.1) is 0 Å². The summed E-state index contributed by atoms with van der Waals surface area (Å²) in [7, 11) is 3.70. The van der Waals surface area contributed by atoms with Crippen LogP contribution in [-0.2, 0) is 9.59 Å². The maximum absolute atomic E-state index is 12.6. The first-order valence-electron chi connectivity index (χ1n) is 13.9. The molecule has 42 heavy (non-hydrogen) atoms. The van der Waals surface area contributed by atoms with Crippen molar-refractivity contribution < 1.29 is 19.1 Å². The van der Waals surface area contributed by atoms with Crippen molar-refractivity contribution in [3.8, 4) is 23.0 Å². The van der Waals surface area contributed by atoms with Gasteiger partial charge in [0.05, 0.1) is 11.8 Å². The van der Waals surface area contributed by atoms with Gasteiger partial charge >= 0.3 is 0 Å². The fourth-order valence-electron chi connectivity index (χ4n) is 6.76. The smallest absolute Gasteiger partial charge is 0.230 e. The van der Waals surface area contributed by atoms with Crippen LogP contribution in [0.25, 0.3) is 0 Å². The lowest BCUT2D eigenvalue weighted by Gasteiger charge is -2.15. The molecule has 4 atom stereocenters. The second-order valence-corrected chi connectivity index (χ2v) is 12.1. The highest BCUT2D eigenvalue weighted by Gasteiger charge is 2.45. The molecule has 4 aliphatic rings. The number of para-hydroxylation sites is 2. The molecule has 2 fully saturated rings. The molecule has 6 nitrogen and oxygen atoms in total. The van der Waals surface area contributed by atoms with Gasteiger partial charge in [-0.25, -0.2) is 0 Å². The molecule has 0 aromatic heterocycles. The van der Waals surface area contributed by atoms with Gasteiger partial charge in [0.15, 0.2) is 0 Å². The van der Waals surface area contributed by atoms with Gasteiger partial charge in [0, 0.05) is 71.3 Å². The fourth-order valence-corrected chi connectivity index (χ4v) is 7.12. The van der Waals surface area contributed by atoms with Gasteiger partial charge in [-0.3, -0.25) is 9.59 Å². The first kappa shape index (κ1) is 26.9. The molecule has 2 saturated heterocycles. The monoisotopic (exact) mass is 598 g/mol. The Hall–Kier alpha value is -4.00. The molecule has 4 aliphatic heterocycles. The number of hydrogen-bond donors (Lipinski definition) is 0. The van der Waals surface area contributed by atoms with Crippen LogP contribution in [0.15, 0.2) is 84.9 Å². The van der Waals surface area contributed by atoms with Crippen LogP contribution in [0.3, 0.4) is 0 Å². The van der Waals surface area contributed by atoms with Crippen LogP contribution in [0.1, 0.15) is 45.9 Å². The minimum Gasteiger partial charge on any atom is -0.457 e. The molecule has 4 aromatic carbocycles. The predicted octanol–water partition coefficient (Wildman–Crippen LogP) is 7.57. The number of ether oxygens (including phenoxy) is 2. The lowest BCUT2D eigenvalue weighted by molar-refractivity contribution is -0.128. The molecule has 4 aromatic rings. The molecule has 0 spiro atoms. The number of rotatable bonds is 0. The number of likely N-dealkylation sites (tertiary alicyclic amines) is 2. The highest BCUT2D eigenvalue weighted by Crippen LogP contribution is 2.51. The third kappa shape index (κ3) is 4.41. The van der Waals surface area contributed by atoms with Gasteiger partial charge in [-0.05, 0) is 48.5 Å². The van der Waals surface area contributed by atoms with Crippen molar-refractivity contribution >= 4 is 35.0 Å². The molecule has 0 unspecified atom stereocenters. The van der Waals surface area contributed by atoms with Gasteiger partial charge in [0.1, 0.15) is 23.0 Å². The van der Waals surface area contributed by atoms with Gasteiger partial charge in [-0.1, -0.05) is 59.6 Å². The van der Waals surface area contributed by atoms with Crippen LogP contribution in [-0.4, -0.2) is 48.8 Å². The molecule has 8 heteroatoms. The Morgan fingerprint density at radius 2 is 0.952 bits per heavy atom. The number of fused-ring (bicyclic) bond motifs is 10. The molecule has 0 saturated carbocycles. The van der Waals surface area contributed by atoms with Crippen LogP contribution in [0.2, 0.25) is 10.0 Å². The van der Waals surface area contributed by atoms with E-state index in [-0.39, 0.29) is 35.5 Å². The maximum atomic E-state index is 12.6. The lowest BCUT2D eigenvalue weighted by atomic mass is 9.84. The Morgan fingerprint density at radius 3 is 1.38 bits per heavy atom. The van der Waals surface area contributed by atoms with E-state index in [1.807, 2.05) is 99.0 Å². The van der Waals surface area contributed by atoms with Gasteiger partial charge in [0.2, 0.25) is 11.8 Å². The summed E-state index contributed by atoms with van der Waals surface area (Å²) < 4.78 is 12.1. The van der Waals surface area contributed by atoms with Gasteiger partial charge in [0.25, 0.3) is 0 Å². The number of halogens is 2. The van der Waals surface area contributed by atoms with Gasteiger partial charge in [-0.2, -0.15) is 0 Å². The normalized spacial score (nSPS) is 23.0. The quantitative estimate of drug-likeness (QED) is 0.209. The van der Waals surface area contributed by atoms with Crippen molar-refractivity contribution in [3.05, 3.63) is 117 Å². The van der Waals surface area contributed by atoms with Crippen molar-refractivity contribution in [2.24, 2.45) is 0 Å². The van der Waals surface area contributed by atoms with Crippen LogP contribution >= 0.6 is 23.2 Å². The molecule has 0 radical (unpaired) electrons. The zero-order valence-electron chi connectivity index (χ0n) is 23.1. The molecular formula is C34H28Cl2N2O4. The molecular weight excluding hydrogens is 571 g/mol. The molecule has 0 bridgehead atoms. The van der Waals surface area contributed by atoms with E-state index >= 15 is 0 Å². The number of amides is 2. The maximum Gasteiger partial charge on any atom is 0.230 e. The topological polar surface area (TPSA) is 59.1 Å². The minimum absolute atomic E-state index is 0.0832. The molecule has 2 amide bonds. The van der Waals surface area contributed by atoms with Crippen molar-refractivity contribution in [2.75, 3.05) is 27.2 Å². The van der Waals surface area contributed by atoms with E-state index in [0.29, 0.717) is 23.1 Å². The SMILES string of the molecule is CN1C[C@@H]2c3cc(Cl)ccc3Oc3ccccc3[C@H]2C1=O.CN1C[C@H]2c3cc(Cl)ccc3Oc3ccccc3[C@H]2C1=O. The van der Waals surface area contributed by atoms with Crippen molar-refractivity contribution in [2.45, 2.75) is 23.7 Å². The van der Waals surface area contributed by atoms with E-state index in [2.05, 4.69) is 0 Å². The number of carbonyl (C=O) groups excluding carboxylic acids is 2. The summed E-state index contributed by atoms with van der Waals surface area (Å²) in [5.41, 5.74) is 3.95. The Balaban J connectivity index is 0.000000137. The van der Waals surface area contributed by atoms with Crippen LogP contribution < -0.4 is 9.47 Å². The van der Waals surface area contributed by atoms with Crippen molar-refractivity contribution in [1.82, 2.24) is 9.80 Å². The summed E-state index contributed by atoms with van der Waals surface area (Å²) in [5, 5.41) is 1.34. The summed E-state index contributed by atoms with van der Waals surface area (Å²) in [5.74, 6) is 3.18. The first-order valence-corrected chi connectivity index (χ1v) is 14.7. The average Bonchev–Trinajstić information content (AvgIpc) is 3.34. The van der Waals surface area contributed by atoms with Gasteiger partial charge in [-0.15, -0.1) is 0 Å². The molecule has 8 rings (SSSR count). The predicted molar refractivity (Wildman–Crippen MR) is 162 cm³/mol. The third-order valence-corrected chi connectivity index (χ3v) is 9.19. The Labute approximate surface area is 254 Å². The van der Waals surface area contributed by atoms with E-state index in [9.17, 15) is 9.59 Å². The van der Waals surface area contributed by atoms with Crippen LogP contribution in [0.5, 0.6) is 23.0 Å². The number of hydrogen-bond acceptors (Lipinski definition) is 4. The Morgan fingerprint density at radius 1 is 0.571 bits per heavy atom. The van der Waals surface area contributed by atoms with Crippen LogP contribution in [0.4, 0.5) is 0 Å². The zero-order chi connectivity index (χ0) is 29.1. The van der Waals surface area contributed by atoms with Gasteiger partial charge < -0.3 is 19.3 Å². The second kappa shape index (κ2) is 10.4. The third-order valence-electron chi connectivity index (χ3n) is 8.72. The second-order valence-electron chi connectivity index (χ2n) is 11.2. The van der Waals surface area contributed by atoms with E-state index < -0.39 is 0 Å². The Bertz CT molecular complexity index is 1610. The Kier molecular flexibility index (Phi) is 6.63. The highest BCUT2D eigenvalue weighted by molar-refractivity contribution is 6.31. The van der Waals surface area contributed by atoms with E-state index in [1.54, 1.807) is 9.80 Å². The fraction of sp³-hybridized carbons (Fsp3) is 0.235. The summed E-state index contributed by atoms with van der Waals surface area (Å²) in [6.07, 6.45) is 0. The lowest BCUT2D eigenvalue weighted by Crippen LogP contribution is -2.21. The number of likely N-dealkylation sites (N-methyl/N-ethyl adjacent to an activating group) is 2.